The molecule has 0 aromatic heterocycles. The normalized spacial score (nSPS) is 17.2. The number of halogens is 1. The maximum absolute atomic E-state index is 14.1. The largest absolute Gasteiger partial charge is 0.497 e. The summed E-state index contributed by atoms with van der Waals surface area (Å²) in [5.41, 5.74) is 5.47. The van der Waals surface area contributed by atoms with Gasteiger partial charge in [0.2, 0.25) is 0 Å². The van der Waals surface area contributed by atoms with Crippen LogP contribution in [0.25, 0.3) is 0 Å². The Morgan fingerprint density at radius 1 is 1.02 bits per heavy atom. The Hall–Kier alpha value is -3.72. The monoisotopic (exact) mass is 588 g/mol. The quantitative estimate of drug-likeness (QED) is 0.347. The van der Waals surface area contributed by atoms with Crippen molar-refractivity contribution < 1.29 is 19.1 Å². The zero-order chi connectivity index (χ0) is 29.6. The number of rotatable bonds is 9. The first-order valence-corrected chi connectivity index (χ1v) is 14.7. The molecule has 0 N–H and O–H groups in total. The van der Waals surface area contributed by atoms with Crippen molar-refractivity contribution in [2.45, 2.75) is 26.3 Å². The number of aryl methyl sites for hydroxylation is 2. The van der Waals surface area contributed by atoms with Gasteiger partial charge in [-0.2, -0.15) is 5.10 Å². The average molecular weight is 589 g/mol. The molecule has 2 aliphatic rings. The van der Waals surface area contributed by atoms with E-state index < -0.39 is 0 Å². The van der Waals surface area contributed by atoms with Crippen molar-refractivity contribution in [1.29, 1.82) is 0 Å². The Labute approximate surface area is 252 Å². The second kappa shape index (κ2) is 13.5. The van der Waals surface area contributed by atoms with Gasteiger partial charge in [0.1, 0.15) is 12.3 Å². The van der Waals surface area contributed by atoms with Gasteiger partial charge in [-0.25, -0.2) is 5.01 Å². The third kappa shape index (κ3) is 6.84. The molecular formula is C33H37ClN4O4. The predicted molar refractivity (Wildman–Crippen MR) is 164 cm³/mol. The number of hydrazone groups is 1. The molecule has 2 aliphatic heterocycles. The van der Waals surface area contributed by atoms with E-state index in [2.05, 4.69) is 30.9 Å². The Kier molecular flexibility index (Phi) is 9.57. The molecule has 5 rings (SSSR count). The summed E-state index contributed by atoms with van der Waals surface area (Å²) in [4.78, 5) is 31.7. The number of benzene rings is 3. The van der Waals surface area contributed by atoms with Gasteiger partial charge in [-0.3, -0.25) is 14.5 Å². The molecule has 0 radical (unpaired) electrons. The summed E-state index contributed by atoms with van der Waals surface area (Å²) in [6.07, 6.45) is 0.526. The fraction of sp³-hybridized carbons (Fsp3) is 0.364. The van der Waals surface area contributed by atoms with Gasteiger partial charge in [0.15, 0.2) is 0 Å². The predicted octanol–water partition coefficient (Wildman–Crippen LogP) is 5.12. The Morgan fingerprint density at radius 2 is 1.76 bits per heavy atom. The maximum Gasteiger partial charge on any atom is 0.262 e. The highest BCUT2D eigenvalue weighted by Crippen LogP contribution is 2.36. The molecule has 0 aliphatic carbocycles. The van der Waals surface area contributed by atoms with Crippen molar-refractivity contribution in [3.8, 4) is 5.75 Å². The van der Waals surface area contributed by atoms with E-state index in [9.17, 15) is 9.59 Å². The smallest absolute Gasteiger partial charge is 0.262 e. The van der Waals surface area contributed by atoms with E-state index >= 15 is 0 Å². The van der Waals surface area contributed by atoms with Crippen LogP contribution in [0.2, 0.25) is 5.02 Å². The Balaban J connectivity index is 1.43. The summed E-state index contributed by atoms with van der Waals surface area (Å²) in [7, 11) is 1.59. The van der Waals surface area contributed by atoms with Crippen molar-refractivity contribution in [3.63, 3.8) is 0 Å². The molecule has 9 heteroatoms. The average Bonchev–Trinajstić information content (AvgIpc) is 3.46. The molecule has 42 heavy (non-hydrogen) atoms. The van der Waals surface area contributed by atoms with Gasteiger partial charge in [0.25, 0.3) is 11.8 Å². The molecule has 2 heterocycles. The number of hydrogen-bond acceptors (Lipinski definition) is 6. The minimum absolute atomic E-state index is 0.111. The third-order valence-electron chi connectivity index (χ3n) is 8.01. The van der Waals surface area contributed by atoms with Crippen LogP contribution in [-0.2, 0) is 9.53 Å². The van der Waals surface area contributed by atoms with E-state index in [1.54, 1.807) is 36.3 Å². The number of morpholine rings is 1. The van der Waals surface area contributed by atoms with Gasteiger partial charge in [0.05, 0.1) is 32.1 Å². The van der Waals surface area contributed by atoms with Crippen LogP contribution >= 0.6 is 11.6 Å². The molecule has 220 valence electrons. The molecule has 3 aromatic rings. The van der Waals surface area contributed by atoms with Crippen LogP contribution in [0.5, 0.6) is 5.75 Å². The SMILES string of the molecule is COc1ccc(C(=O)N(CCN2CCOCC2)CC(=O)N2N=C(c3ccc(C)c(C)c3)C[C@@H]2c2ccccc2Cl)cc1. The lowest BCUT2D eigenvalue weighted by molar-refractivity contribution is -0.133. The second-order valence-corrected chi connectivity index (χ2v) is 11.1. The Morgan fingerprint density at radius 3 is 2.45 bits per heavy atom. The van der Waals surface area contributed by atoms with Crippen LogP contribution < -0.4 is 4.74 Å². The number of amides is 2. The fourth-order valence-electron chi connectivity index (χ4n) is 5.31. The van der Waals surface area contributed by atoms with Crippen LogP contribution in [0.15, 0.2) is 71.8 Å². The van der Waals surface area contributed by atoms with E-state index in [1.807, 2.05) is 30.3 Å². The minimum atomic E-state index is -0.375. The number of nitrogens with zero attached hydrogens (tertiary/aromatic N) is 4. The molecule has 1 fully saturated rings. The summed E-state index contributed by atoms with van der Waals surface area (Å²) in [5, 5.41) is 6.95. The fourth-order valence-corrected chi connectivity index (χ4v) is 5.58. The van der Waals surface area contributed by atoms with Crippen LogP contribution in [-0.4, -0.2) is 85.4 Å². The van der Waals surface area contributed by atoms with Crippen molar-refractivity contribution in [2.24, 2.45) is 5.10 Å². The van der Waals surface area contributed by atoms with Gasteiger partial charge in [0, 0.05) is 43.2 Å². The molecule has 1 saturated heterocycles. The molecule has 0 unspecified atom stereocenters. The van der Waals surface area contributed by atoms with E-state index in [0.717, 1.165) is 35.5 Å². The van der Waals surface area contributed by atoms with E-state index in [4.69, 9.17) is 26.2 Å². The van der Waals surface area contributed by atoms with Crippen molar-refractivity contribution in [2.75, 3.05) is 53.0 Å². The van der Waals surface area contributed by atoms with Crippen molar-refractivity contribution >= 4 is 29.1 Å². The molecular weight excluding hydrogens is 552 g/mol. The standard InChI is InChI=1S/C33H37ClN4O4/c1-23-8-9-26(20-24(23)2)30-21-31(28-6-4-5-7-29(28)34)38(35-30)32(39)22-37(15-14-36-16-18-42-19-17-36)33(40)25-10-12-27(41-3)13-11-25/h4-13,20,31H,14-19,21-22H2,1-3H3/t31-/m1/s1. The highest BCUT2D eigenvalue weighted by molar-refractivity contribution is 6.31. The second-order valence-electron chi connectivity index (χ2n) is 10.7. The van der Waals surface area contributed by atoms with Gasteiger partial charge in [-0.15, -0.1) is 0 Å². The lowest BCUT2D eigenvalue weighted by Gasteiger charge is -2.31. The van der Waals surface area contributed by atoms with E-state index in [1.165, 1.54) is 10.6 Å². The molecule has 2 amide bonds. The first kappa shape index (κ1) is 29.8. The number of methoxy groups -OCH3 is 1. The zero-order valence-electron chi connectivity index (χ0n) is 24.4. The first-order valence-electron chi connectivity index (χ1n) is 14.3. The van der Waals surface area contributed by atoms with Gasteiger partial charge >= 0.3 is 0 Å². The number of hydrogen-bond donors (Lipinski definition) is 0. The minimum Gasteiger partial charge on any atom is -0.497 e. The van der Waals surface area contributed by atoms with Gasteiger partial charge in [-0.05, 0) is 72.5 Å². The molecule has 3 aromatic carbocycles. The number of ether oxygens (including phenoxy) is 2. The third-order valence-corrected chi connectivity index (χ3v) is 8.35. The van der Waals surface area contributed by atoms with Crippen LogP contribution in [0.4, 0.5) is 0 Å². The number of carbonyl (C=O) groups is 2. The van der Waals surface area contributed by atoms with E-state index in [0.29, 0.717) is 49.1 Å². The van der Waals surface area contributed by atoms with Crippen molar-refractivity contribution in [3.05, 3.63) is 99.6 Å². The summed E-state index contributed by atoms with van der Waals surface area (Å²) in [6.45, 7) is 7.98. The maximum atomic E-state index is 14.1. The first-order chi connectivity index (χ1) is 20.3. The lowest BCUT2D eigenvalue weighted by Crippen LogP contribution is -2.46. The number of carbonyl (C=O) groups excluding carboxylic acids is 2. The van der Waals surface area contributed by atoms with Crippen LogP contribution in [0.3, 0.4) is 0 Å². The summed E-state index contributed by atoms with van der Waals surface area (Å²) in [6, 6.07) is 20.4. The molecule has 8 nitrogen and oxygen atoms in total. The molecule has 0 bridgehead atoms. The summed E-state index contributed by atoms with van der Waals surface area (Å²) < 4.78 is 10.7. The summed E-state index contributed by atoms with van der Waals surface area (Å²) in [5.74, 6) is 0.184. The van der Waals surface area contributed by atoms with Gasteiger partial charge < -0.3 is 14.4 Å². The Bertz CT molecular complexity index is 1450. The topological polar surface area (TPSA) is 74.7 Å². The van der Waals surface area contributed by atoms with Gasteiger partial charge in [-0.1, -0.05) is 41.9 Å². The molecule has 1 atom stereocenters. The highest BCUT2D eigenvalue weighted by atomic mass is 35.5. The molecule has 0 spiro atoms. The summed E-state index contributed by atoms with van der Waals surface area (Å²) >= 11 is 6.63. The van der Waals surface area contributed by atoms with Crippen LogP contribution in [0.1, 0.15) is 45.1 Å². The molecule has 0 saturated carbocycles. The van der Waals surface area contributed by atoms with E-state index in [-0.39, 0.29) is 24.4 Å². The highest BCUT2D eigenvalue weighted by Gasteiger charge is 2.35. The lowest BCUT2D eigenvalue weighted by atomic mass is 9.96. The van der Waals surface area contributed by atoms with Crippen LogP contribution in [0, 0.1) is 13.8 Å². The van der Waals surface area contributed by atoms with Crippen molar-refractivity contribution in [1.82, 2.24) is 14.8 Å². The zero-order valence-corrected chi connectivity index (χ0v) is 25.1.